The first-order valence-corrected chi connectivity index (χ1v) is 6.13. The van der Waals surface area contributed by atoms with Gasteiger partial charge in [0.25, 0.3) is 0 Å². The Bertz CT molecular complexity index is 641. The van der Waals surface area contributed by atoms with E-state index in [9.17, 15) is 4.79 Å². The lowest BCUT2D eigenvalue weighted by molar-refractivity contribution is 1.12. The van der Waals surface area contributed by atoms with Crippen LogP contribution in [0.4, 0.5) is 0 Å². The summed E-state index contributed by atoms with van der Waals surface area (Å²) in [6, 6.07) is 0. The zero-order valence-corrected chi connectivity index (χ0v) is 11.1. The number of fused-ring (bicyclic) bond motifs is 1. The molecule has 0 spiro atoms. The average molecular weight is 233 g/mol. The third kappa shape index (κ3) is 1.47. The van der Waals surface area contributed by atoms with Crippen molar-refractivity contribution in [3.05, 3.63) is 37.6 Å². The maximum absolute atomic E-state index is 12.3. The molecule has 0 saturated heterocycles. The van der Waals surface area contributed by atoms with Crippen LogP contribution in [-0.2, 0) is 0 Å². The summed E-state index contributed by atoms with van der Waals surface area (Å²) < 4.78 is 1.04. The van der Waals surface area contributed by atoms with E-state index < -0.39 is 0 Å². The normalized spacial score (nSPS) is 11.1. The Morgan fingerprint density at radius 3 is 2.19 bits per heavy atom. The van der Waals surface area contributed by atoms with E-state index in [0.717, 1.165) is 37.5 Å². The summed E-state index contributed by atoms with van der Waals surface area (Å²) in [5.41, 5.74) is 3.97. The van der Waals surface area contributed by atoms with E-state index in [1.807, 2.05) is 34.6 Å². The molecule has 0 fully saturated rings. The topological polar surface area (TPSA) is 30.0 Å². The summed E-state index contributed by atoms with van der Waals surface area (Å²) in [5.74, 6) is 0. The first kappa shape index (κ1) is 11.3. The van der Waals surface area contributed by atoms with Gasteiger partial charge in [-0.15, -0.1) is 11.3 Å². The van der Waals surface area contributed by atoms with Crippen LogP contribution in [0, 0.1) is 34.6 Å². The van der Waals surface area contributed by atoms with E-state index in [2.05, 4.69) is 4.98 Å². The van der Waals surface area contributed by atoms with Crippen molar-refractivity contribution in [1.29, 1.82) is 0 Å². The van der Waals surface area contributed by atoms with Gasteiger partial charge >= 0.3 is 0 Å². The standard InChI is InChI=1S/C13H15NOS/c1-6-8(3)14-9(4)13-11(6)12(15)7(2)10(5)16-13/h1-5H3. The van der Waals surface area contributed by atoms with Crippen LogP contribution in [0.1, 0.15) is 27.4 Å². The number of hydrogen-bond donors (Lipinski definition) is 0. The molecule has 0 N–H and O–H groups in total. The fourth-order valence-electron chi connectivity index (χ4n) is 1.89. The van der Waals surface area contributed by atoms with Gasteiger partial charge in [0.05, 0.1) is 10.4 Å². The van der Waals surface area contributed by atoms with E-state index in [0.29, 0.717) is 0 Å². The van der Waals surface area contributed by atoms with Gasteiger partial charge in [0.2, 0.25) is 0 Å². The van der Waals surface area contributed by atoms with Crippen molar-refractivity contribution >= 4 is 21.4 Å². The third-order valence-corrected chi connectivity index (χ3v) is 4.48. The number of aryl methyl sites for hydroxylation is 4. The van der Waals surface area contributed by atoms with Crippen LogP contribution in [-0.4, -0.2) is 4.98 Å². The fourth-order valence-corrected chi connectivity index (χ4v) is 2.99. The van der Waals surface area contributed by atoms with Crippen LogP contribution >= 0.6 is 11.3 Å². The van der Waals surface area contributed by atoms with Crippen molar-refractivity contribution in [2.75, 3.05) is 0 Å². The minimum absolute atomic E-state index is 0.164. The number of aromatic nitrogens is 1. The molecule has 0 unspecified atom stereocenters. The number of hydrogen-bond acceptors (Lipinski definition) is 3. The molecule has 16 heavy (non-hydrogen) atoms. The molecule has 0 saturated carbocycles. The van der Waals surface area contributed by atoms with E-state index in [4.69, 9.17) is 0 Å². The molecule has 0 aliphatic rings. The van der Waals surface area contributed by atoms with Crippen LogP contribution in [0.2, 0.25) is 0 Å². The Morgan fingerprint density at radius 1 is 0.938 bits per heavy atom. The Hall–Kier alpha value is -1.22. The predicted molar refractivity (Wildman–Crippen MR) is 69.6 cm³/mol. The van der Waals surface area contributed by atoms with Gasteiger partial charge in [-0.25, -0.2) is 0 Å². The van der Waals surface area contributed by atoms with E-state index in [-0.39, 0.29) is 5.43 Å². The molecule has 2 heterocycles. The highest BCUT2D eigenvalue weighted by Crippen LogP contribution is 2.26. The summed E-state index contributed by atoms with van der Waals surface area (Å²) in [4.78, 5) is 17.8. The Labute approximate surface area is 99.0 Å². The highest BCUT2D eigenvalue weighted by atomic mass is 32.1. The Kier molecular flexibility index (Phi) is 2.58. The lowest BCUT2D eigenvalue weighted by Gasteiger charge is -2.09. The minimum atomic E-state index is 0.164. The van der Waals surface area contributed by atoms with Crippen molar-refractivity contribution in [3.8, 4) is 0 Å². The minimum Gasteiger partial charge on any atom is -0.289 e. The second-order valence-electron chi connectivity index (χ2n) is 4.22. The Balaban J connectivity index is 3.14. The molecule has 3 heteroatoms. The zero-order chi connectivity index (χ0) is 12.0. The molecule has 0 aliphatic heterocycles. The second-order valence-corrected chi connectivity index (χ2v) is 5.45. The highest BCUT2D eigenvalue weighted by molar-refractivity contribution is 7.18. The van der Waals surface area contributed by atoms with Gasteiger partial charge in [0.15, 0.2) is 5.43 Å². The van der Waals surface area contributed by atoms with Gasteiger partial charge in [0.1, 0.15) is 0 Å². The van der Waals surface area contributed by atoms with E-state index in [1.165, 1.54) is 0 Å². The smallest absolute Gasteiger partial charge is 0.191 e. The molecule has 2 aromatic heterocycles. The fraction of sp³-hybridized carbons (Fsp3) is 0.385. The SMILES string of the molecule is Cc1nc(C)c2sc(C)c(C)c(=O)c2c1C. The van der Waals surface area contributed by atoms with Gasteiger partial charge in [-0.3, -0.25) is 9.78 Å². The number of nitrogens with zero attached hydrogens (tertiary/aromatic N) is 1. The van der Waals surface area contributed by atoms with Gasteiger partial charge in [0, 0.05) is 21.5 Å². The Morgan fingerprint density at radius 2 is 1.56 bits per heavy atom. The lowest BCUT2D eigenvalue weighted by Crippen LogP contribution is -2.10. The van der Waals surface area contributed by atoms with E-state index >= 15 is 0 Å². The molecule has 2 rings (SSSR count). The van der Waals surface area contributed by atoms with Crippen molar-refractivity contribution < 1.29 is 0 Å². The van der Waals surface area contributed by atoms with Crippen LogP contribution < -0.4 is 5.43 Å². The predicted octanol–water partition coefficient (Wildman–Crippen LogP) is 3.20. The highest BCUT2D eigenvalue weighted by Gasteiger charge is 2.12. The summed E-state index contributed by atoms with van der Waals surface area (Å²) in [6.07, 6.45) is 0. The molecule has 0 amide bonds. The third-order valence-electron chi connectivity index (χ3n) is 3.16. The van der Waals surface area contributed by atoms with Gasteiger partial charge in [-0.05, 0) is 40.2 Å². The van der Waals surface area contributed by atoms with Crippen LogP contribution in [0.5, 0.6) is 0 Å². The molecular weight excluding hydrogens is 218 g/mol. The van der Waals surface area contributed by atoms with Crippen LogP contribution in [0.15, 0.2) is 4.79 Å². The summed E-state index contributed by atoms with van der Waals surface area (Å²) in [6.45, 7) is 9.81. The summed E-state index contributed by atoms with van der Waals surface area (Å²) >= 11 is 1.67. The largest absolute Gasteiger partial charge is 0.289 e. The van der Waals surface area contributed by atoms with E-state index in [1.54, 1.807) is 11.3 Å². The maximum Gasteiger partial charge on any atom is 0.191 e. The van der Waals surface area contributed by atoms with Gasteiger partial charge in [-0.2, -0.15) is 0 Å². The monoisotopic (exact) mass is 233 g/mol. The summed E-state index contributed by atoms with van der Waals surface area (Å²) in [5, 5.41) is 0.859. The molecule has 84 valence electrons. The summed E-state index contributed by atoms with van der Waals surface area (Å²) in [7, 11) is 0. The number of rotatable bonds is 0. The van der Waals surface area contributed by atoms with Gasteiger partial charge in [-0.1, -0.05) is 0 Å². The molecular formula is C13H15NOS. The molecule has 2 aromatic rings. The van der Waals surface area contributed by atoms with Crippen molar-refractivity contribution in [1.82, 2.24) is 4.98 Å². The first-order valence-electron chi connectivity index (χ1n) is 5.31. The lowest BCUT2D eigenvalue weighted by atomic mass is 10.1. The average Bonchev–Trinajstić information content (AvgIpc) is 2.22. The molecule has 0 aliphatic carbocycles. The zero-order valence-electron chi connectivity index (χ0n) is 10.3. The van der Waals surface area contributed by atoms with Gasteiger partial charge < -0.3 is 0 Å². The molecule has 0 bridgehead atoms. The maximum atomic E-state index is 12.3. The quantitative estimate of drug-likeness (QED) is 0.699. The van der Waals surface area contributed by atoms with Crippen molar-refractivity contribution in [2.24, 2.45) is 0 Å². The number of pyridine rings is 1. The second kappa shape index (κ2) is 3.67. The van der Waals surface area contributed by atoms with Crippen molar-refractivity contribution in [3.63, 3.8) is 0 Å². The van der Waals surface area contributed by atoms with Crippen LogP contribution in [0.25, 0.3) is 10.1 Å². The molecule has 0 radical (unpaired) electrons. The van der Waals surface area contributed by atoms with Crippen molar-refractivity contribution in [2.45, 2.75) is 34.6 Å². The molecule has 2 nitrogen and oxygen atoms in total. The first-order chi connectivity index (χ1) is 7.43. The molecule has 0 atom stereocenters. The molecule has 0 aromatic carbocycles. The van der Waals surface area contributed by atoms with Crippen LogP contribution in [0.3, 0.4) is 0 Å².